The van der Waals surface area contributed by atoms with Crippen LogP contribution >= 0.6 is 11.8 Å². The van der Waals surface area contributed by atoms with E-state index in [1.807, 2.05) is 11.6 Å². The molecule has 1 amide bonds. The minimum Gasteiger partial charge on any atom is -0.372 e. The Morgan fingerprint density at radius 3 is 2.25 bits per heavy atom. The van der Waals surface area contributed by atoms with E-state index in [1.165, 1.54) is 17.4 Å². The zero-order valence-electron chi connectivity index (χ0n) is 17.0. The van der Waals surface area contributed by atoms with E-state index in [2.05, 4.69) is 66.4 Å². The molecule has 1 aromatic heterocycles. The van der Waals surface area contributed by atoms with E-state index >= 15 is 0 Å². The van der Waals surface area contributed by atoms with Gasteiger partial charge in [0.15, 0.2) is 11.0 Å². The molecule has 150 valence electrons. The third kappa shape index (κ3) is 5.25. The molecule has 7 heteroatoms. The predicted octanol–water partition coefficient (Wildman–Crippen LogP) is 3.62. The van der Waals surface area contributed by atoms with Gasteiger partial charge < -0.3 is 14.4 Å². The molecular weight excluding hydrogens is 370 g/mol. The Balaban J connectivity index is 2.08. The van der Waals surface area contributed by atoms with Gasteiger partial charge in [-0.25, -0.2) is 0 Å². The van der Waals surface area contributed by atoms with E-state index in [-0.39, 0.29) is 5.91 Å². The first-order valence-corrected chi connectivity index (χ1v) is 10.4. The fraction of sp³-hybridized carbons (Fsp3) is 0.381. The van der Waals surface area contributed by atoms with Crippen molar-refractivity contribution in [3.05, 3.63) is 49.6 Å². The molecule has 1 heterocycles. The molecule has 0 aliphatic heterocycles. The normalized spacial score (nSPS) is 10.5. The predicted molar refractivity (Wildman–Crippen MR) is 118 cm³/mol. The summed E-state index contributed by atoms with van der Waals surface area (Å²) in [6, 6.07) is 8.34. The number of hydrogen-bond acceptors (Lipinski definition) is 5. The first kappa shape index (κ1) is 21.8. The van der Waals surface area contributed by atoms with Crippen molar-refractivity contribution >= 4 is 23.4 Å². The fourth-order valence-electron chi connectivity index (χ4n) is 2.91. The van der Waals surface area contributed by atoms with Crippen LogP contribution in [0.2, 0.25) is 0 Å². The summed E-state index contributed by atoms with van der Waals surface area (Å²) < 4.78 is 1.93. The SMILES string of the molecule is C=CCN(CC=C)C(=O)CSc1nnc(-c2ccc(N(CC)CC)cc2)n1C. The van der Waals surface area contributed by atoms with Crippen LogP contribution in [0.1, 0.15) is 13.8 Å². The number of anilines is 1. The lowest BCUT2D eigenvalue weighted by molar-refractivity contribution is -0.127. The molecule has 28 heavy (non-hydrogen) atoms. The van der Waals surface area contributed by atoms with Crippen LogP contribution in [0.3, 0.4) is 0 Å². The molecule has 0 saturated carbocycles. The van der Waals surface area contributed by atoms with Crippen LogP contribution < -0.4 is 4.90 Å². The van der Waals surface area contributed by atoms with Crippen molar-refractivity contribution in [3.63, 3.8) is 0 Å². The summed E-state index contributed by atoms with van der Waals surface area (Å²) in [6.07, 6.45) is 3.43. The Hall–Kier alpha value is -2.54. The van der Waals surface area contributed by atoms with Gasteiger partial charge in [-0.3, -0.25) is 4.79 Å². The van der Waals surface area contributed by atoms with E-state index < -0.39 is 0 Å². The lowest BCUT2D eigenvalue weighted by Gasteiger charge is -2.21. The molecule has 0 fully saturated rings. The molecule has 0 spiro atoms. The molecule has 6 nitrogen and oxygen atoms in total. The van der Waals surface area contributed by atoms with Crippen LogP contribution in [-0.2, 0) is 11.8 Å². The van der Waals surface area contributed by atoms with Crippen molar-refractivity contribution in [1.82, 2.24) is 19.7 Å². The van der Waals surface area contributed by atoms with Gasteiger partial charge in [-0.15, -0.1) is 23.4 Å². The largest absolute Gasteiger partial charge is 0.372 e. The number of carbonyl (C=O) groups excluding carboxylic acids is 1. The Morgan fingerprint density at radius 2 is 1.71 bits per heavy atom. The van der Waals surface area contributed by atoms with Gasteiger partial charge in [0.2, 0.25) is 5.91 Å². The van der Waals surface area contributed by atoms with E-state index in [9.17, 15) is 4.79 Å². The Bertz CT molecular complexity index is 786. The standard InChI is InChI=1S/C21H29N5OS/c1-6-14-26(15-7-2)19(27)16-28-21-23-22-20(24(21)5)17-10-12-18(13-11-17)25(8-3)9-4/h6-7,10-13H,1-2,8-9,14-16H2,3-5H3. The minimum atomic E-state index is 0.0259. The van der Waals surface area contributed by atoms with Crippen molar-refractivity contribution in [2.45, 2.75) is 19.0 Å². The molecule has 0 unspecified atom stereocenters. The number of aromatic nitrogens is 3. The first-order chi connectivity index (χ1) is 13.5. The highest BCUT2D eigenvalue weighted by atomic mass is 32.2. The zero-order chi connectivity index (χ0) is 20.5. The smallest absolute Gasteiger partial charge is 0.233 e. The molecule has 0 aliphatic rings. The fourth-order valence-corrected chi connectivity index (χ4v) is 3.72. The van der Waals surface area contributed by atoms with Crippen molar-refractivity contribution in [3.8, 4) is 11.4 Å². The monoisotopic (exact) mass is 399 g/mol. The van der Waals surface area contributed by atoms with Crippen molar-refractivity contribution in [2.75, 3.05) is 36.8 Å². The number of thioether (sulfide) groups is 1. The van der Waals surface area contributed by atoms with Crippen LogP contribution in [0.4, 0.5) is 5.69 Å². The Kier molecular flexibility index (Phi) is 8.32. The van der Waals surface area contributed by atoms with E-state index in [0.717, 1.165) is 24.5 Å². The Labute approximate surface area is 171 Å². The summed E-state index contributed by atoms with van der Waals surface area (Å²) in [7, 11) is 1.92. The maximum absolute atomic E-state index is 12.4. The quantitative estimate of drug-likeness (QED) is 0.427. The second-order valence-electron chi connectivity index (χ2n) is 6.25. The maximum atomic E-state index is 12.4. The molecule has 1 aromatic carbocycles. The highest BCUT2D eigenvalue weighted by molar-refractivity contribution is 7.99. The average Bonchev–Trinajstić information content (AvgIpc) is 3.08. The van der Waals surface area contributed by atoms with Gasteiger partial charge in [-0.1, -0.05) is 23.9 Å². The minimum absolute atomic E-state index is 0.0259. The average molecular weight is 400 g/mol. The second-order valence-corrected chi connectivity index (χ2v) is 7.19. The molecular formula is C21H29N5OS. The number of benzene rings is 1. The number of carbonyl (C=O) groups is 1. The highest BCUT2D eigenvalue weighted by Crippen LogP contribution is 2.25. The molecule has 0 radical (unpaired) electrons. The maximum Gasteiger partial charge on any atom is 0.233 e. The molecule has 0 aliphatic carbocycles. The summed E-state index contributed by atoms with van der Waals surface area (Å²) in [5.41, 5.74) is 2.20. The van der Waals surface area contributed by atoms with E-state index in [0.29, 0.717) is 24.0 Å². The Morgan fingerprint density at radius 1 is 1.11 bits per heavy atom. The van der Waals surface area contributed by atoms with E-state index in [1.54, 1.807) is 17.1 Å². The highest BCUT2D eigenvalue weighted by Gasteiger charge is 2.16. The molecule has 0 bridgehead atoms. The van der Waals surface area contributed by atoms with Gasteiger partial charge >= 0.3 is 0 Å². The van der Waals surface area contributed by atoms with Crippen LogP contribution in [-0.4, -0.2) is 57.5 Å². The molecule has 0 saturated heterocycles. The molecule has 0 atom stereocenters. The summed E-state index contributed by atoms with van der Waals surface area (Å²) in [5, 5.41) is 9.29. The van der Waals surface area contributed by atoms with Crippen molar-refractivity contribution in [2.24, 2.45) is 7.05 Å². The first-order valence-electron chi connectivity index (χ1n) is 9.42. The number of nitrogens with zero attached hydrogens (tertiary/aromatic N) is 5. The van der Waals surface area contributed by atoms with Gasteiger partial charge in [0.05, 0.1) is 5.75 Å². The molecule has 2 aromatic rings. The van der Waals surface area contributed by atoms with Gasteiger partial charge in [0, 0.05) is 44.5 Å². The lowest BCUT2D eigenvalue weighted by Crippen LogP contribution is -2.32. The topological polar surface area (TPSA) is 54.3 Å². The summed E-state index contributed by atoms with van der Waals surface area (Å²) in [5.74, 6) is 1.11. The summed E-state index contributed by atoms with van der Waals surface area (Å²) in [4.78, 5) is 16.4. The van der Waals surface area contributed by atoms with Crippen molar-refractivity contribution < 1.29 is 4.79 Å². The van der Waals surface area contributed by atoms with Crippen LogP contribution in [0.25, 0.3) is 11.4 Å². The third-order valence-electron chi connectivity index (χ3n) is 4.47. The van der Waals surface area contributed by atoms with Gasteiger partial charge in [0.25, 0.3) is 0 Å². The molecule has 2 rings (SSSR count). The second kappa shape index (κ2) is 10.7. The summed E-state index contributed by atoms with van der Waals surface area (Å²) in [6.45, 7) is 14.7. The van der Waals surface area contributed by atoms with Crippen LogP contribution in [0.15, 0.2) is 54.7 Å². The number of amides is 1. The van der Waals surface area contributed by atoms with Gasteiger partial charge in [-0.05, 0) is 38.1 Å². The summed E-state index contributed by atoms with van der Waals surface area (Å²) >= 11 is 1.39. The molecule has 0 N–H and O–H groups in total. The van der Waals surface area contributed by atoms with Crippen molar-refractivity contribution in [1.29, 1.82) is 0 Å². The number of hydrogen-bond donors (Lipinski definition) is 0. The van der Waals surface area contributed by atoms with Gasteiger partial charge in [-0.2, -0.15) is 0 Å². The lowest BCUT2D eigenvalue weighted by atomic mass is 10.2. The zero-order valence-corrected chi connectivity index (χ0v) is 17.8. The van der Waals surface area contributed by atoms with Crippen LogP contribution in [0, 0.1) is 0 Å². The van der Waals surface area contributed by atoms with Crippen LogP contribution in [0.5, 0.6) is 0 Å². The van der Waals surface area contributed by atoms with E-state index in [4.69, 9.17) is 0 Å². The van der Waals surface area contributed by atoms with Gasteiger partial charge in [0.1, 0.15) is 0 Å². The third-order valence-corrected chi connectivity index (χ3v) is 5.47. The number of rotatable bonds is 11.